The van der Waals surface area contributed by atoms with E-state index in [1.807, 2.05) is 19.1 Å². The summed E-state index contributed by atoms with van der Waals surface area (Å²) in [6, 6.07) is 14.0. The van der Waals surface area contributed by atoms with Crippen LogP contribution in [0.3, 0.4) is 0 Å². The summed E-state index contributed by atoms with van der Waals surface area (Å²) < 4.78 is 4.66. The molecule has 0 radical (unpaired) electrons. The van der Waals surface area contributed by atoms with Crippen LogP contribution in [-0.4, -0.2) is 15.9 Å². The SMILES string of the molecule is Cc1ccc(C(=O)N[C@@H](Oc2ccc(Br)cc2)C(Cl)(Cl)Cl)cc1. The van der Waals surface area contributed by atoms with E-state index in [4.69, 9.17) is 39.5 Å². The van der Waals surface area contributed by atoms with Gasteiger partial charge in [0.05, 0.1) is 0 Å². The molecule has 0 aliphatic rings. The monoisotopic (exact) mass is 435 g/mol. The van der Waals surface area contributed by atoms with Crippen molar-refractivity contribution in [3.8, 4) is 5.75 Å². The minimum Gasteiger partial charge on any atom is -0.466 e. The third-order valence-corrected chi connectivity index (χ3v) is 4.06. The van der Waals surface area contributed by atoms with Crippen LogP contribution in [0.2, 0.25) is 0 Å². The van der Waals surface area contributed by atoms with Gasteiger partial charge in [0.15, 0.2) is 0 Å². The zero-order valence-corrected chi connectivity index (χ0v) is 15.9. The molecule has 0 aliphatic carbocycles. The number of benzene rings is 2. The number of alkyl halides is 3. The number of carbonyl (C=O) groups excluding carboxylic acids is 1. The van der Waals surface area contributed by atoms with E-state index in [0.29, 0.717) is 11.3 Å². The molecule has 1 amide bonds. The van der Waals surface area contributed by atoms with Crippen molar-refractivity contribution in [3.05, 3.63) is 64.1 Å². The van der Waals surface area contributed by atoms with Gasteiger partial charge in [0.2, 0.25) is 10.0 Å². The van der Waals surface area contributed by atoms with Gasteiger partial charge in [-0.1, -0.05) is 68.4 Å². The topological polar surface area (TPSA) is 38.3 Å². The van der Waals surface area contributed by atoms with Gasteiger partial charge in [0, 0.05) is 10.0 Å². The first-order chi connectivity index (χ1) is 10.8. The van der Waals surface area contributed by atoms with Crippen LogP contribution in [0.5, 0.6) is 5.75 Å². The van der Waals surface area contributed by atoms with Crippen LogP contribution < -0.4 is 10.1 Å². The highest BCUT2D eigenvalue weighted by molar-refractivity contribution is 9.10. The molecule has 0 spiro atoms. The maximum atomic E-state index is 12.3. The van der Waals surface area contributed by atoms with Crippen LogP contribution in [0.15, 0.2) is 53.0 Å². The predicted octanol–water partition coefficient (Wildman–Crippen LogP) is 5.26. The molecule has 0 saturated heterocycles. The summed E-state index contributed by atoms with van der Waals surface area (Å²) in [4.78, 5) is 12.3. The lowest BCUT2D eigenvalue weighted by Gasteiger charge is -2.26. The van der Waals surface area contributed by atoms with Crippen LogP contribution in [0.1, 0.15) is 15.9 Å². The van der Waals surface area contributed by atoms with E-state index in [1.165, 1.54) is 0 Å². The second-order valence-corrected chi connectivity index (χ2v) is 8.12. The van der Waals surface area contributed by atoms with E-state index in [9.17, 15) is 4.79 Å². The summed E-state index contributed by atoms with van der Waals surface area (Å²) in [5.41, 5.74) is 1.50. The Morgan fingerprint density at radius 3 is 2.17 bits per heavy atom. The van der Waals surface area contributed by atoms with Gasteiger partial charge >= 0.3 is 0 Å². The lowest BCUT2D eigenvalue weighted by Crippen LogP contribution is -2.47. The van der Waals surface area contributed by atoms with Crippen LogP contribution in [0.4, 0.5) is 0 Å². The Balaban J connectivity index is 2.14. The molecule has 122 valence electrons. The Labute approximate surface area is 158 Å². The first kappa shape index (κ1) is 18.4. The van der Waals surface area contributed by atoms with Gasteiger partial charge in [-0.05, 0) is 43.3 Å². The van der Waals surface area contributed by atoms with Crippen molar-refractivity contribution in [3.63, 3.8) is 0 Å². The van der Waals surface area contributed by atoms with Crippen LogP contribution in [0.25, 0.3) is 0 Å². The number of nitrogens with one attached hydrogen (secondary N) is 1. The quantitative estimate of drug-likeness (QED) is 0.523. The molecule has 1 N–H and O–H groups in total. The van der Waals surface area contributed by atoms with Gasteiger partial charge in [-0.25, -0.2) is 0 Å². The molecular formula is C16H13BrCl3NO2. The van der Waals surface area contributed by atoms with Crippen LogP contribution >= 0.6 is 50.7 Å². The molecule has 0 aliphatic heterocycles. The molecule has 0 fully saturated rings. The summed E-state index contributed by atoms with van der Waals surface area (Å²) in [5.74, 6) is 0.0761. The minimum absolute atomic E-state index is 0.390. The number of hydrogen-bond donors (Lipinski definition) is 1. The van der Waals surface area contributed by atoms with Crippen molar-refractivity contribution in [1.29, 1.82) is 0 Å². The van der Waals surface area contributed by atoms with Crippen LogP contribution in [0, 0.1) is 6.92 Å². The Morgan fingerprint density at radius 2 is 1.65 bits per heavy atom. The van der Waals surface area contributed by atoms with Crippen molar-refractivity contribution in [1.82, 2.24) is 5.32 Å². The number of aryl methyl sites for hydroxylation is 1. The summed E-state index contributed by atoms with van der Waals surface area (Å²) in [6.45, 7) is 1.93. The fraction of sp³-hybridized carbons (Fsp3) is 0.188. The van der Waals surface area contributed by atoms with Crippen molar-refractivity contribution in [2.45, 2.75) is 16.9 Å². The molecule has 1 atom stereocenters. The Hall–Kier alpha value is -0.940. The van der Waals surface area contributed by atoms with E-state index in [0.717, 1.165) is 10.0 Å². The smallest absolute Gasteiger partial charge is 0.254 e. The molecule has 23 heavy (non-hydrogen) atoms. The Kier molecular flexibility index (Phi) is 6.20. The molecular weight excluding hydrogens is 424 g/mol. The Bertz CT molecular complexity index is 669. The van der Waals surface area contributed by atoms with Crippen molar-refractivity contribution < 1.29 is 9.53 Å². The molecule has 3 nitrogen and oxygen atoms in total. The number of halogens is 4. The number of amides is 1. The zero-order valence-electron chi connectivity index (χ0n) is 12.0. The number of hydrogen-bond acceptors (Lipinski definition) is 2. The van der Waals surface area contributed by atoms with Crippen molar-refractivity contribution in [2.75, 3.05) is 0 Å². The van der Waals surface area contributed by atoms with Gasteiger partial charge in [0.1, 0.15) is 5.75 Å². The zero-order chi connectivity index (χ0) is 17.0. The van der Waals surface area contributed by atoms with E-state index >= 15 is 0 Å². The third kappa shape index (κ3) is 5.57. The lowest BCUT2D eigenvalue weighted by atomic mass is 10.1. The fourth-order valence-corrected chi connectivity index (χ4v) is 2.30. The largest absolute Gasteiger partial charge is 0.466 e. The maximum Gasteiger partial charge on any atom is 0.254 e. The number of carbonyl (C=O) groups is 1. The van der Waals surface area contributed by atoms with E-state index in [2.05, 4.69) is 21.2 Å². The van der Waals surface area contributed by atoms with Gasteiger partial charge in [0.25, 0.3) is 5.91 Å². The van der Waals surface area contributed by atoms with E-state index in [1.54, 1.807) is 36.4 Å². The molecule has 7 heteroatoms. The summed E-state index contributed by atoms with van der Waals surface area (Å²) in [7, 11) is 0. The fourth-order valence-electron chi connectivity index (χ4n) is 1.73. The summed E-state index contributed by atoms with van der Waals surface area (Å²) >= 11 is 21.1. The highest BCUT2D eigenvalue weighted by Crippen LogP contribution is 2.32. The molecule has 0 aromatic heterocycles. The molecule has 0 saturated carbocycles. The average Bonchev–Trinajstić information content (AvgIpc) is 2.48. The van der Waals surface area contributed by atoms with Gasteiger partial charge < -0.3 is 10.1 Å². The summed E-state index contributed by atoms with van der Waals surface area (Å²) in [5, 5.41) is 2.59. The lowest BCUT2D eigenvalue weighted by molar-refractivity contribution is 0.0833. The van der Waals surface area contributed by atoms with Crippen molar-refractivity contribution >= 4 is 56.6 Å². The van der Waals surface area contributed by atoms with Crippen LogP contribution in [-0.2, 0) is 0 Å². The molecule has 0 heterocycles. The summed E-state index contributed by atoms with van der Waals surface area (Å²) in [6.07, 6.45) is -1.14. The first-order valence-electron chi connectivity index (χ1n) is 6.62. The number of ether oxygens (including phenoxy) is 1. The maximum absolute atomic E-state index is 12.3. The molecule has 2 rings (SSSR count). The first-order valence-corrected chi connectivity index (χ1v) is 8.55. The minimum atomic E-state index is -1.83. The van der Waals surface area contributed by atoms with Gasteiger partial charge in [-0.3, -0.25) is 4.79 Å². The second kappa shape index (κ2) is 7.75. The second-order valence-electron chi connectivity index (χ2n) is 4.83. The third-order valence-electron chi connectivity index (χ3n) is 2.94. The number of rotatable bonds is 4. The standard InChI is InChI=1S/C16H13BrCl3NO2/c1-10-2-4-11(5-3-10)14(22)21-15(16(18,19)20)23-13-8-6-12(17)7-9-13/h2-9,15H,1H3,(H,21,22)/t15-/m0/s1. The normalized spacial score (nSPS) is 12.6. The highest BCUT2D eigenvalue weighted by Gasteiger charge is 2.36. The molecule has 2 aromatic rings. The molecule has 0 unspecified atom stereocenters. The van der Waals surface area contributed by atoms with Gasteiger partial charge in [-0.2, -0.15) is 0 Å². The average molecular weight is 438 g/mol. The van der Waals surface area contributed by atoms with Gasteiger partial charge in [-0.15, -0.1) is 0 Å². The molecule has 2 aromatic carbocycles. The van der Waals surface area contributed by atoms with E-state index in [-0.39, 0.29) is 0 Å². The van der Waals surface area contributed by atoms with Crippen molar-refractivity contribution in [2.24, 2.45) is 0 Å². The van der Waals surface area contributed by atoms with E-state index < -0.39 is 15.9 Å². The molecule has 0 bridgehead atoms. The highest BCUT2D eigenvalue weighted by atomic mass is 79.9. The Morgan fingerprint density at radius 1 is 1.09 bits per heavy atom. The predicted molar refractivity (Wildman–Crippen MR) is 97.5 cm³/mol.